The van der Waals surface area contributed by atoms with Crippen LogP contribution in [0.2, 0.25) is 0 Å². The SMILES string of the molecule is CC(NCCCF)c1ccc(OCC#N)cc1. The predicted octanol–water partition coefficient (Wildman–Crippen LogP) is 2.60. The summed E-state index contributed by atoms with van der Waals surface area (Å²) < 4.78 is 17.1. The smallest absolute Gasteiger partial charge is 0.174 e. The van der Waals surface area contributed by atoms with Crippen molar-refractivity contribution < 1.29 is 9.13 Å². The molecule has 17 heavy (non-hydrogen) atoms. The van der Waals surface area contributed by atoms with Crippen LogP contribution >= 0.6 is 0 Å². The molecule has 1 aromatic rings. The van der Waals surface area contributed by atoms with E-state index >= 15 is 0 Å². The second-order valence-corrected chi connectivity index (χ2v) is 3.73. The Morgan fingerprint density at radius 3 is 2.71 bits per heavy atom. The van der Waals surface area contributed by atoms with Gasteiger partial charge in [-0.2, -0.15) is 5.26 Å². The minimum absolute atomic E-state index is 0.0592. The van der Waals surface area contributed by atoms with Crippen molar-refractivity contribution in [2.24, 2.45) is 0 Å². The molecule has 0 radical (unpaired) electrons. The van der Waals surface area contributed by atoms with Crippen molar-refractivity contribution in [3.05, 3.63) is 29.8 Å². The van der Waals surface area contributed by atoms with Crippen LogP contribution in [-0.2, 0) is 0 Å². The summed E-state index contributed by atoms with van der Waals surface area (Å²) >= 11 is 0. The fourth-order valence-electron chi connectivity index (χ4n) is 1.47. The molecule has 0 fully saturated rings. The van der Waals surface area contributed by atoms with Crippen molar-refractivity contribution in [1.82, 2.24) is 5.32 Å². The number of hydrogen-bond acceptors (Lipinski definition) is 3. The molecule has 0 heterocycles. The van der Waals surface area contributed by atoms with Crippen LogP contribution in [-0.4, -0.2) is 19.8 Å². The van der Waals surface area contributed by atoms with Gasteiger partial charge in [0.05, 0.1) is 6.67 Å². The molecule has 92 valence electrons. The Morgan fingerprint density at radius 1 is 1.41 bits per heavy atom. The molecule has 4 heteroatoms. The topological polar surface area (TPSA) is 45.0 Å². The summed E-state index contributed by atoms with van der Waals surface area (Å²) in [4.78, 5) is 0. The molecular weight excluding hydrogens is 219 g/mol. The Kier molecular flexibility index (Phi) is 6.05. The van der Waals surface area contributed by atoms with Gasteiger partial charge in [0.25, 0.3) is 0 Å². The molecular formula is C13H17FN2O. The molecule has 0 spiro atoms. The maximum atomic E-state index is 11.9. The summed E-state index contributed by atoms with van der Waals surface area (Å²) in [5, 5.41) is 11.6. The average Bonchev–Trinajstić information content (AvgIpc) is 2.37. The maximum absolute atomic E-state index is 11.9. The van der Waals surface area contributed by atoms with Gasteiger partial charge >= 0.3 is 0 Å². The standard InChI is InChI=1S/C13H17FN2O/c1-11(16-9-2-7-14)12-3-5-13(6-4-12)17-10-8-15/h3-6,11,16H,2,7,9-10H2,1H3. The van der Waals surface area contributed by atoms with Gasteiger partial charge in [0.2, 0.25) is 0 Å². The Hall–Kier alpha value is -1.60. The van der Waals surface area contributed by atoms with E-state index in [-0.39, 0.29) is 19.3 Å². The van der Waals surface area contributed by atoms with Gasteiger partial charge in [-0.15, -0.1) is 0 Å². The molecule has 1 atom stereocenters. The summed E-state index contributed by atoms with van der Waals surface area (Å²) in [5.74, 6) is 0.686. The first-order chi connectivity index (χ1) is 8.27. The second-order valence-electron chi connectivity index (χ2n) is 3.73. The van der Waals surface area contributed by atoms with Crippen LogP contribution in [0.1, 0.15) is 24.9 Å². The Labute approximate surface area is 101 Å². The van der Waals surface area contributed by atoms with E-state index in [1.165, 1.54) is 0 Å². The highest BCUT2D eigenvalue weighted by Crippen LogP contribution is 2.17. The minimum atomic E-state index is -0.291. The molecule has 1 aromatic carbocycles. The molecule has 0 aliphatic carbocycles. The number of halogens is 1. The van der Waals surface area contributed by atoms with Crippen LogP contribution in [0.15, 0.2) is 24.3 Å². The van der Waals surface area contributed by atoms with Gasteiger partial charge in [0, 0.05) is 6.04 Å². The van der Waals surface area contributed by atoms with Crippen molar-refractivity contribution in [3.8, 4) is 11.8 Å². The van der Waals surface area contributed by atoms with Gasteiger partial charge in [-0.3, -0.25) is 4.39 Å². The van der Waals surface area contributed by atoms with E-state index in [9.17, 15) is 4.39 Å². The van der Waals surface area contributed by atoms with E-state index in [0.29, 0.717) is 18.7 Å². The number of hydrogen-bond donors (Lipinski definition) is 1. The zero-order valence-corrected chi connectivity index (χ0v) is 9.95. The zero-order valence-electron chi connectivity index (χ0n) is 9.95. The highest BCUT2D eigenvalue weighted by Gasteiger charge is 2.04. The molecule has 1 N–H and O–H groups in total. The molecule has 0 aliphatic rings. The van der Waals surface area contributed by atoms with Gasteiger partial charge < -0.3 is 10.1 Å². The van der Waals surface area contributed by atoms with E-state index in [0.717, 1.165) is 5.56 Å². The lowest BCUT2D eigenvalue weighted by Gasteiger charge is -2.14. The fraction of sp³-hybridized carbons (Fsp3) is 0.462. The zero-order chi connectivity index (χ0) is 12.5. The van der Waals surface area contributed by atoms with Crippen molar-refractivity contribution in [1.29, 1.82) is 5.26 Å². The lowest BCUT2D eigenvalue weighted by molar-refractivity contribution is 0.368. The molecule has 0 saturated carbocycles. The van der Waals surface area contributed by atoms with Gasteiger partial charge in [0.1, 0.15) is 11.8 Å². The van der Waals surface area contributed by atoms with Crippen molar-refractivity contribution in [2.45, 2.75) is 19.4 Å². The van der Waals surface area contributed by atoms with Crippen molar-refractivity contribution >= 4 is 0 Å². The van der Waals surface area contributed by atoms with E-state index in [2.05, 4.69) is 5.32 Å². The predicted molar refractivity (Wildman–Crippen MR) is 64.6 cm³/mol. The third-order valence-corrected chi connectivity index (χ3v) is 2.44. The maximum Gasteiger partial charge on any atom is 0.174 e. The molecule has 1 unspecified atom stereocenters. The summed E-state index contributed by atoms with van der Waals surface area (Å²) in [6, 6.07) is 9.66. The summed E-state index contributed by atoms with van der Waals surface area (Å²) in [5.41, 5.74) is 1.12. The third-order valence-electron chi connectivity index (χ3n) is 2.44. The van der Waals surface area contributed by atoms with E-state index in [1.807, 2.05) is 37.3 Å². The molecule has 0 aliphatic heterocycles. The summed E-state index contributed by atoms with van der Waals surface area (Å²) in [6.07, 6.45) is 0.535. The molecule has 0 amide bonds. The van der Waals surface area contributed by atoms with Gasteiger partial charge in [0.15, 0.2) is 6.61 Å². The Morgan fingerprint density at radius 2 is 2.12 bits per heavy atom. The molecule has 3 nitrogen and oxygen atoms in total. The van der Waals surface area contributed by atoms with Crippen LogP contribution in [0.3, 0.4) is 0 Å². The van der Waals surface area contributed by atoms with Gasteiger partial charge in [-0.05, 0) is 37.6 Å². The Balaban J connectivity index is 2.46. The second kappa shape index (κ2) is 7.64. The first-order valence-electron chi connectivity index (χ1n) is 5.67. The molecule has 0 saturated heterocycles. The van der Waals surface area contributed by atoms with Crippen LogP contribution in [0.25, 0.3) is 0 Å². The van der Waals surface area contributed by atoms with Crippen LogP contribution < -0.4 is 10.1 Å². The number of nitrogens with zero attached hydrogens (tertiary/aromatic N) is 1. The quantitative estimate of drug-likeness (QED) is 0.740. The fourth-order valence-corrected chi connectivity index (χ4v) is 1.47. The van der Waals surface area contributed by atoms with Crippen LogP contribution in [0.5, 0.6) is 5.75 Å². The van der Waals surface area contributed by atoms with E-state index in [4.69, 9.17) is 10.00 Å². The number of ether oxygens (including phenoxy) is 1. The van der Waals surface area contributed by atoms with Gasteiger partial charge in [-0.1, -0.05) is 12.1 Å². The number of benzene rings is 1. The minimum Gasteiger partial charge on any atom is -0.479 e. The third kappa shape index (κ3) is 4.83. The van der Waals surface area contributed by atoms with Crippen LogP contribution in [0, 0.1) is 11.3 Å². The molecule has 1 rings (SSSR count). The highest BCUT2D eigenvalue weighted by atomic mass is 19.1. The largest absolute Gasteiger partial charge is 0.479 e. The lowest BCUT2D eigenvalue weighted by Crippen LogP contribution is -2.20. The Bertz CT molecular complexity index is 359. The normalized spacial score (nSPS) is 11.8. The first-order valence-corrected chi connectivity index (χ1v) is 5.67. The number of nitriles is 1. The average molecular weight is 236 g/mol. The van der Waals surface area contributed by atoms with Crippen molar-refractivity contribution in [2.75, 3.05) is 19.8 Å². The monoisotopic (exact) mass is 236 g/mol. The van der Waals surface area contributed by atoms with Gasteiger partial charge in [-0.25, -0.2) is 0 Å². The highest BCUT2D eigenvalue weighted by molar-refractivity contribution is 5.29. The van der Waals surface area contributed by atoms with E-state index < -0.39 is 0 Å². The molecule has 0 bridgehead atoms. The lowest BCUT2D eigenvalue weighted by atomic mass is 10.1. The number of nitrogens with one attached hydrogen (secondary N) is 1. The number of alkyl halides is 1. The molecule has 0 aromatic heterocycles. The van der Waals surface area contributed by atoms with Crippen molar-refractivity contribution in [3.63, 3.8) is 0 Å². The van der Waals surface area contributed by atoms with E-state index in [1.54, 1.807) is 0 Å². The summed E-state index contributed by atoms with van der Waals surface area (Å²) in [6.45, 7) is 2.47. The number of rotatable bonds is 7. The first kappa shape index (κ1) is 13.5. The summed E-state index contributed by atoms with van der Waals surface area (Å²) in [7, 11) is 0. The van der Waals surface area contributed by atoms with Crippen LogP contribution in [0.4, 0.5) is 4.39 Å².